The third-order valence-electron chi connectivity index (χ3n) is 4.27. The number of carbonyl (C=O) groups excluding carboxylic acids is 3. The Kier molecular flexibility index (Phi) is 4.74. The maximum Gasteiger partial charge on any atom is 0.249 e. The molecule has 0 radical (unpaired) electrons. The maximum atomic E-state index is 12.6. The lowest BCUT2D eigenvalue weighted by atomic mass is 10.1. The smallest absolute Gasteiger partial charge is 0.249 e. The van der Waals surface area contributed by atoms with E-state index in [1.807, 2.05) is 0 Å². The Morgan fingerprint density at radius 2 is 1.80 bits per heavy atom. The molecule has 1 heterocycles. The second kappa shape index (κ2) is 6.96. The van der Waals surface area contributed by atoms with Gasteiger partial charge in [-0.3, -0.25) is 19.7 Å². The van der Waals surface area contributed by atoms with Gasteiger partial charge in [0.25, 0.3) is 0 Å². The Morgan fingerprint density at radius 3 is 2.28 bits per heavy atom. The van der Waals surface area contributed by atoms with Gasteiger partial charge in [0.05, 0.1) is 20.6 Å². The number of benzene rings is 1. The molecule has 3 amide bonds. The normalized spacial score (nSPS) is 19.8. The molecule has 7 heteroatoms. The van der Waals surface area contributed by atoms with Crippen LogP contribution in [0.5, 0.6) is 11.5 Å². The summed E-state index contributed by atoms with van der Waals surface area (Å²) >= 11 is 0. The van der Waals surface area contributed by atoms with Gasteiger partial charge in [0.2, 0.25) is 17.7 Å². The monoisotopic (exact) mass is 344 g/mol. The molecule has 25 heavy (non-hydrogen) atoms. The van der Waals surface area contributed by atoms with Crippen LogP contribution in [0.1, 0.15) is 24.8 Å². The number of carbonyl (C=O) groups is 3. The molecule has 2 fully saturated rings. The maximum absolute atomic E-state index is 12.6. The zero-order chi connectivity index (χ0) is 18.0. The van der Waals surface area contributed by atoms with E-state index in [1.165, 1.54) is 11.0 Å². The molecule has 3 rings (SSSR count). The van der Waals surface area contributed by atoms with E-state index in [0.717, 1.165) is 18.4 Å². The highest BCUT2D eigenvalue weighted by atomic mass is 16.5. The van der Waals surface area contributed by atoms with Crippen LogP contribution in [0.4, 0.5) is 0 Å². The lowest BCUT2D eigenvalue weighted by Crippen LogP contribution is -2.45. The van der Waals surface area contributed by atoms with E-state index in [2.05, 4.69) is 5.32 Å². The highest BCUT2D eigenvalue weighted by molar-refractivity contribution is 6.08. The fourth-order valence-corrected chi connectivity index (χ4v) is 2.88. The number of nitrogens with zero attached hydrogens (tertiary/aromatic N) is 1. The first-order valence-corrected chi connectivity index (χ1v) is 8.09. The van der Waals surface area contributed by atoms with Crippen molar-refractivity contribution in [2.75, 3.05) is 14.2 Å². The number of hydrogen-bond donors (Lipinski definition) is 1. The average Bonchev–Trinajstić information content (AvgIpc) is 3.38. The molecular weight excluding hydrogens is 324 g/mol. The molecule has 7 nitrogen and oxygen atoms in total. The minimum absolute atomic E-state index is 0.0265. The molecule has 132 valence electrons. The largest absolute Gasteiger partial charge is 0.497 e. The van der Waals surface area contributed by atoms with E-state index >= 15 is 0 Å². The summed E-state index contributed by atoms with van der Waals surface area (Å²) in [4.78, 5) is 37.5. The molecule has 0 bridgehead atoms. The zero-order valence-corrected chi connectivity index (χ0v) is 14.2. The number of imide groups is 1. The van der Waals surface area contributed by atoms with E-state index < -0.39 is 11.9 Å². The van der Waals surface area contributed by atoms with E-state index in [4.69, 9.17) is 9.47 Å². The van der Waals surface area contributed by atoms with Crippen LogP contribution in [0.3, 0.4) is 0 Å². The predicted octanol–water partition coefficient (Wildman–Crippen LogP) is 1.12. The molecule has 0 aromatic heterocycles. The second-order valence-corrected chi connectivity index (χ2v) is 6.09. The number of methoxy groups -OCH3 is 2. The molecule has 1 aromatic carbocycles. The predicted molar refractivity (Wildman–Crippen MR) is 90.0 cm³/mol. The topological polar surface area (TPSA) is 84.9 Å². The Bertz CT molecular complexity index is 717. The first kappa shape index (κ1) is 17.0. The summed E-state index contributed by atoms with van der Waals surface area (Å²) in [5, 5.41) is 2.26. The van der Waals surface area contributed by atoms with E-state index in [1.54, 1.807) is 38.5 Å². The van der Waals surface area contributed by atoms with Crippen molar-refractivity contribution in [3.8, 4) is 11.5 Å². The van der Waals surface area contributed by atoms with Crippen molar-refractivity contribution in [1.29, 1.82) is 0 Å². The molecule has 1 saturated heterocycles. The van der Waals surface area contributed by atoms with Gasteiger partial charge in [-0.1, -0.05) is 0 Å². The van der Waals surface area contributed by atoms with Gasteiger partial charge in [-0.2, -0.15) is 0 Å². The summed E-state index contributed by atoms with van der Waals surface area (Å²) in [6.07, 6.45) is 4.80. The Morgan fingerprint density at radius 1 is 1.16 bits per heavy atom. The van der Waals surface area contributed by atoms with Crippen molar-refractivity contribution in [3.05, 3.63) is 29.8 Å². The van der Waals surface area contributed by atoms with Gasteiger partial charge in [0.15, 0.2) is 0 Å². The van der Waals surface area contributed by atoms with E-state index in [-0.39, 0.29) is 24.3 Å². The molecular formula is C18H20N2O5. The molecule has 0 unspecified atom stereocenters. The number of rotatable bonds is 6. The van der Waals surface area contributed by atoms with Crippen molar-refractivity contribution >= 4 is 23.8 Å². The fraction of sp³-hybridized carbons (Fsp3) is 0.389. The van der Waals surface area contributed by atoms with Crippen LogP contribution in [0.15, 0.2) is 24.3 Å². The molecule has 1 aromatic rings. The average molecular weight is 344 g/mol. The first-order valence-electron chi connectivity index (χ1n) is 8.09. The van der Waals surface area contributed by atoms with Crippen LogP contribution in [-0.4, -0.2) is 48.9 Å². The van der Waals surface area contributed by atoms with Crippen LogP contribution >= 0.6 is 0 Å². The van der Waals surface area contributed by atoms with Crippen molar-refractivity contribution in [2.45, 2.75) is 31.3 Å². The van der Waals surface area contributed by atoms with Gasteiger partial charge in [-0.05, 0) is 36.6 Å². The van der Waals surface area contributed by atoms with Crippen LogP contribution < -0.4 is 14.8 Å². The minimum atomic E-state index is -0.711. The van der Waals surface area contributed by atoms with Crippen molar-refractivity contribution in [2.24, 2.45) is 0 Å². The summed E-state index contributed by atoms with van der Waals surface area (Å²) in [6, 6.07) is 4.61. The molecule has 1 aliphatic heterocycles. The Balaban J connectivity index is 1.79. The summed E-state index contributed by atoms with van der Waals surface area (Å²) in [5.41, 5.74) is 0.743. The van der Waals surface area contributed by atoms with Crippen molar-refractivity contribution in [3.63, 3.8) is 0 Å². The first-order chi connectivity index (χ1) is 12.0. The third kappa shape index (κ3) is 3.81. The summed E-state index contributed by atoms with van der Waals surface area (Å²) in [7, 11) is 3.11. The van der Waals surface area contributed by atoms with Gasteiger partial charge >= 0.3 is 0 Å². The lowest BCUT2D eigenvalue weighted by Gasteiger charge is -2.25. The van der Waals surface area contributed by atoms with Gasteiger partial charge in [-0.15, -0.1) is 0 Å². The van der Waals surface area contributed by atoms with Crippen LogP contribution in [0.25, 0.3) is 6.08 Å². The number of nitrogens with one attached hydrogen (secondary N) is 1. The van der Waals surface area contributed by atoms with Gasteiger partial charge in [0.1, 0.15) is 17.5 Å². The van der Waals surface area contributed by atoms with Gasteiger partial charge < -0.3 is 14.4 Å². The van der Waals surface area contributed by atoms with Crippen LogP contribution in [0.2, 0.25) is 0 Å². The SMILES string of the molecule is COc1cc(/C=C\C(=O)N(C2CC2)[C@H]2CC(=O)NC2=O)cc(OC)c1. The number of hydrogen-bond acceptors (Lipinski definition) is 5. The van der Waals surface area contributed by atoms with Crippen LogP contribution in [0, 0.1) is 0 Å². The quantitative estimate of drug-likeness (QED) is 0.617. The Hall–Kier alpha value is -2.83. The fourth-order valence-electron chi connectivity index (χ4n) is 2.88. The zero-order valence-electron chi connectivity index (χ0n) is 14.2. The van der Waals surface area contributed by atoms with Gasteiger partial charge in [0, 0.05) is 18.2 Å². The second-order valence-electron chi connectivity index (χ2n) is 6.09. The van der Waals surface area contributed by atoms with Gasteiger partial charge in [-0.25, -0.2) is 0 Å². The molecule has 2 aliphatic rings. The molecule has 1 saturated carbocycles. The van der Waals surface area contributed by atoms with Crippen molar-refractivity contribution < 1.29 is 23.9 Å². The highest BCUT2D eigenvalue weighted by Gasteiger charge is 2.43. The number of ether oxygens (including phenoxy) is 2. The minimum Gasteiger partial charge on any atom is -0.497 e. The summed E-state index contributed by atoms with van der Waals surface area (Å²) < 4.78 is 10.4. The molecule has 0 spiro atoms. The van der Waals surface area contributed by atoms with E-state index in [0.29, 0.717) is 11.5 Å². The van der Waals surface area contributed by atoms with E-state index in [9.17, 15) is 14.4 Å². The summed E-state index contributed by atoms with van der Waals surface area (Å²) in [5.74, 6) is 0.216. The molecule has 1 aliphatic carbocycles. The molecule has 1 atom stereocenters. The van der Waals surface area contributed by atoms with Crippen LogP contribution in [-0.2, 0) is 14.4 Å². The van der Waals surface area contributed by atoms with Crippen molar-refractivity contribution in [1.82, 2.24) is 10.2 Å². The highest BCUT2D eigenvalue weighted by Crippen LogP contribution is 2.31. The Labute approximate surface area is 145 Å². The molecule has 1 N–H and O–H groups in total. The lowest BCUT2D eigenvalue weighted by molar-refractivity contribution is -0.135. The third-order valence-corrected chi connectivity index (χ3v) is 4.27. The summed E-state index contributed by atoms with van der Waals surface area (Å²) in [6.45, 7) is 0. The number of amides is 3. The standard InChI is InChI=1S/C18H20N2O5/c1-24-13-7-11(8-14(9-13)25-2)3-6-17(22)20(12-4-5-12)15-10-16(21)19-18(15)23/h3,6-9,12,15H,4-5,10H2,1-2H3,(H,19,21,23)/b6-3-/t15-/m0/s1.